The van der Waals surface area contributed by atoms with Crippen molar-refractivity contribution in [1.82, 2.24) is 9.62 Å². The summed E-state index contributed by atoms with van der Waals surface area (Å²) in [5.41, 5.74) is 12.4. The normalized spacial score (nSPS) is 16.3. The van der Waals surface area contributed by atoms with Gasteiger partial charge in [0.15, 0.2) is 6.10 Å². The first kappa shape index (κ1) is 32.8. The summed E-state index contributed by atoms with van der Waals surface area (Å²) in [7, 11) is -4.02. The lowest BCUT2D eigenvalue weighted by atomic mass is 9.87. The number of hydrogen-bond acceptors (Lipinski definition) is 9. The first-order chi connectivity index (χ1) is 19.5. The van der Waals surface area contributed by atoms with Crippen molar-refractivity contribution in [1.29, 1.82) is 0 Å². The third-order valence-electron chi connectivity index (χ3n) is 6.93. The number of sulfonamides is 1. The Balaban J connectivity index is 1.85. The van der Waals surface area contributed by atoms with E-state index in [9.17, 15) is 18.3 Å². The van der Waals surface area contributed by atoms with Crippen LogP contribution in [0.4, 0.5) is 10.5 Å². The molecule has 1 heterocycles. The summed E-state index contributed by atoms with van der Waals surface area (Å²) in [6, 6.07) is 14.5. The highest BCUT2D eigenvalue weighted by Crippen LogP contribution is 2.28. The molecule has 1 aliphatic heterocycles. The smallest absolute Gasteiger partial charge is 0.407 e. The van der Waals surface area contributed by atoms with Crippen molar-refractivity contribution in [2.24, 2.45) is 11.1 Å². The van der Waals surface area contributed by atoms with Gasteiger partial charge in [-0.25, -0.2) is 13.2 Å². The molecule has 12 heteroatoms. The zero-order valence-electron chi connectivity index (χ0n) is 23.9. The van der Waals surface area contributed by atoms with E-state index in [2.05, 4.69) is 5.32 Å². The standard InChI is InChI=1S/C29H44N4O7S/c1-29(2,14-6-7-15-30)20-33(41(36,37)25-12-10-23(31)11-13-25)17-27(34)26(16-22-8-4-3-5-9-22)32-28(35)40-24-18-38-21-39-19-24/h3-5,8-13,24,26-27,34H,6-7,14-21,30-31H2,1-2H3,(H,32,35)/t26-,27?/m0/s1. The Labute approximate surface area is 243 Å². The highest BCUT2D eigenvalue weighted by Gasteiger charge is 2.35. The molecule has 2 aromatic carbocycles. The highest BCUT2D eigenvalue weighted by molar-refractivity contribution is 7.89. The third kappa shape index (κ3) is 10.6. The number of nitrogens with zero attached hydrogens (tertiary/aromatic N) is 1. The predicted molar refractivity (Wildman–Crippen MR) is 156 cm³/mol. The van der Waals surface area contributed by atoms with Crippen LogP contribution in [0, 0.1) is 5.41 Å². The van der Waals surface area contributed by atoms with E-state index < -0.39 is 39.8 Å². The van der Waals surface area contributed by atoms with Gasteiger partial charge in [-0.1, -0.05) is 50.6 Å². The van der Waals surface area contributed by atoms with E-state index in [1.54, 1.807) is 0 Å². The monoisotopic (exact) mass is 592 g/mol. The van der Waals surface area contributed by atoms with E-state index in [1.165, 1.54) is 28.6 Å². The maximum absolute atomic E-state index is 13.9. The van der Waals surface area contributed by atoms with Gasteiger partial charge in [-0.05, 0) is 61.1 Å². The molecule has 1 saturated heterocycles. The van der Waals surface area contributed by atoms with E-state index in [-0.39, 0.29) is 44.4 Å². The fourth-order valence-electron chi connectivity index (χ4n) is 4.70. The van der Waals surface area contributed by atoms with Crippen LogP contribution >= 0.6 is 0 Å². The number of hydrogen-bond donors (Lipinski definition) is 4. The molecule has 11 nitrogen and oxygen atoms in total. The first-order valence-corrected chi connectivity index (χ1v) is 15.3. The van der Waals surface area contributed by atoms with Crippen LogP contribution in [-0.2, 0) is 30.7 Å². The van der Waals surface area contributed by atoms with Gasteiger partial charge in [-0.15, -0.1) is 0 Å². The van der Waals surface area contributed by atoms with Gasteiger partial charge in [0, 0.05) is 18.8 Å². The van der Waals surface area contributed by atoms with Crippen molar-refractivity contribution < 1.29 is 32.5 Å². The maximum Gasteiger partial charge on any atom is 0.407 e. The zero-order valence-corrected chi connectivity index (χ0v) is 24.7. The number of rotatable bonds is 15. The van der Waals surface area contributed by atoms with Crippen LogP contribution in [0.5, 0.6) is 0 Å². The van der Waals surface area contributed by atoms with Crippen molar-refractivity contribution in [3.8, 4) is 0 Å². The van der Waals surface area contributed by atoms with E-state index in [0.29, 0.717) is 12.2 Å². The second-order valence-corrected chi connectivity index (χ2v) is 13.1. The summed E-state index contributed by atoms with van der Waals surface area (Å²) in [6.07, 6.45) is 0.0840. The fourth-order valence-corrected chi connectivity index (χ4v) is 6.35. The minimum Gasteiger partial charge on any atom is -0.441 e. The summed E-state index contributed by atoms with van der Waals surface area (Å²) in [6.45, 7) is 4.99. The number of unbranched alkanes of at least 4 members (excludes halogenated alkanes) is 1. The number of aliphatic hydroxyl groups is 1. The highest BCUT2D eigenvalue weighted by atomic mass is 32.2. The lowest BCUT2D eigenvalue weighted by molar-refractivity contribution is -0.151. The average Bonchev–Trinajstić information content (AvgIpc) is 2.93. The van der Waals surface area contributed by atoms with Crippen molar-refractivity contribution in [3.05, 3.63) is 60.2 Å². The molecule has 1 aliphatic rings. The molecule has 0 aromatic heterocycles. The molecule has 0 aliphatic carbocycles. The number of amides is 1. The molecular formula is C29H44N4O7S. The maximum atomic E-state index is 13.9. The third-order valence-corrected chi connectivity index (χ3v) is 8.76. The van der Waals surface area contributed by atoms with Crippen molar-refractivity contribution in [2.75, 3.05) is 45.4 Å². The number of aliphatic hydroxyl groups excluding tert-OH is 1. The number of nitrogens with one attached hydrogen (secondary N) is 1. The van der Waals surface area contributed by atoms with Gasteiger partial charge in [-0.3, -0.25) is 0 Å². The van der Waals surface area contributed by atoms with Gasteiger partial charge in [-0.2, -0.15) is 4.31 Å². The van der Waals surface area contributed by atoms with Crippen molar-refractivity contribution in [3.63, 3.8) is 0 Å². The molecule has 1 unspecified atom stereocenters. The van der Waals surface area contributed by atoms with E-state index in [1.807, 2.05) is 44.2 Å². The Morgan fingerprint density at radius 3 is 2.41 bits per heavy atom. The van der Waals surface area contributed by atoms with Crippen LogP contribution in [0.1, 0.15) is 38.7 Å². The minimum absolute atomic E-state index is 0.0703. The Kier molecular flexibility index (Phi) is 12.4. The Morgan fingerprint density at radius 1 is 1.12 bits per heavy atom. The van der Waals surface area contributed by atoms with Crippen molar-refractivity contribution in [2.45, 2.75) is 62.7 Å². The van der Waals surface area contributed by atoms with E-state index in [4.69, 9.17) is 25.7 Å². The Bertz CT molecular complexity index is 1170. The molecule has 41 heavy (non-hydrogen) atoms. The number of nitrogen functional groups attached to an aromatic ring is 1. The van der Waals surface area contributed by atoms with Gasteiger partial charge in [0.05, 0.1) is 30.3 Å². The molecule has 0 spiro atoms. The Hall–Kier alpha value is -2.74. The molecule has 0 saturated carbocycles. The molecule has 3 rings (SSSR count). The number of carbonyl (C=O) groups is 1. The topological polar surface area (TPSA) is 166 Å². The summed E-state index contributed by atoms with van der Waals surface area (Å²) >= 11 is 0. The molecular weight excluding hydrogens is 548 g/mol. The molecule has 2 aromatic rings. The fraction of sp³-hybridized carbons (Fsp3) is 0.552. The second kappa shape index (κ2) is 15.5. The Morgan fingerprint density at radius 2 is 1.78 bits per heavy atom. The summed E-state index contributed by atoms with van der Waals surface area (Å²) in [5, 5.41) is 14.2. The quantitative estimate of drug-likeness (QED) is 0.179. The van der Waals surface area contributed by atoms with Crippen LogP contribution < -0.4 is 16.8 Å². The van der Waals surface area contributed by atoms with Gasteiger partial charge < -0.3 is 36.1 Å². The largest absolute Gasteiger partial charge is 0.441 e. The van der Waals surface area contributed by atoms with E-state index in [0.717, 1.165) is 24.8 Å². The molecule has 228 valence electrons. The van der Waals surface area contributed by atoms with Crippen LogP contribution in [0.15, 0.2) is 59.5 Å². The van der Waals surface area contributed by atoms with Gasteiger partial charge >= 0.3 is 6.09 Å². The van der Waals surface area contributed by atoms with Crippen LogP contribution in [-0.4, -0.2) is 81.8 Å². The van der Waals surface area contributed by atoms with Gasteiger partial charge in [0.25, 0.3) is 0 Å². The molecule has 0 radical (unpaired) electrons. The first-order valence-electron chi connectivity index (χ1n) is 13.9. The van der Waals surface area contributed by atoms with Crippen LogP contribution in [0.2, 0.25) is 0 Å². The summed E-state index contributed by atoms with van der Waals surface area (Å²) in [4.78, 5) is 12.9. The lowest BCUT2D eigenvalue weighted by Gasteiger charge is -2.35. The minimum atomic E-state index is -4.02. The van der Waals surface area contributed by atoms with Gasteiger partial charge in [0.2, 0.25) is 10.0 Å². The zero-order chi connectivity index (χ0) is 29.9. The number of nitrogens with two attached hydrogens (primary N) is 2. The number of ether oxygens (including phenoxy) is 3. The molecule has 2 atom stereocenters. The van der Waals surface area contributed by atoms with Crippen molar-refractivity contribution >= 4 is 21.8 Å². The predicted octanol–water partition coefficient (Wildman–Crippen LogP) is 2.49. The SMILES string of the molecule is CC(C)(CCCCN)CN(CC(O)[C@H](Cc1ccccc1)NC(=O)OC1COCOC1)S(=O)(=O)c1ccc(N)cc1. The summed E-state index contributed by atoms with van der Waals surface area (Å²) < 4.78 is 44.8. The number of anilines is 1. The molecule has 6 N–H and O–H groups in total. The lowest BCUT2D eigenvalue weighted by Crippen LogP contribution is -2.52. The number of carbonyl (C=O) groups excluding carboxylic acids is 1. The molecule has 1 amide bonds. The average molecular weight is 593 g/mol. The second-order valence-electron chi connectivity index (χ2n) is 11.2. The summed E-state index contributed by atoms with van der Waals surface area (Å²) in [5.74, 6) is 0. The molecule has 0 bridgehead atoms. The molecule has 1 fully saturated rings. The number of benzene rings is 2. The van der Waals surface area contributed by atoms with E-state index >= 15 is 0 Å². The number of alkyl carbamates (subject to hydrolysis) is 1. The van der Waals surface area contributed by atoms with Crippen LogP contribution in [0.3, 0.4) is 0 Å². The van der Waals surface area contributed by atoms with Gasteiger partial charge in [0.1, 0.15) is 6.79 Å². The van der Waals surface area contributed by atoms with Crippen LogP contribution in [0.25, 0.3) is 0 Å².